The highest BCUT2D eigenvalue weighted by Gasteiger charge is 2.17. The molecule has 0 aliphatic rings. The van der Waals surface area contributed by atoms with Crippen LogP contribution in [0.1, 0.15) is 11.6 Å². The molecule has 3 nitrogen and oxygen atoms in total. The molecule has 21 heavy (non-hydrogen) atoms. The molecule has 0 amide bonds. The van der Waals surface area contributed by atoms with Crippen LogP contribution in [0.4, 0.5) is 4.39 Å². The molecule has 1 heterocycles. The van der Waals surface area contributed by atoms with E-state index in [4.69, 9.17) is 0 Å². The zero-order chi connectivity index (χ0) is 15.6. The summed E-state index contributed by atoms with van der Waals surface area (Å²) in [5.74, 6) is -0.279. The maximum atomic E-state index is 13.7. The minimum atomic E-state index is -0.279. The highest BCUT2D eigenvalue weighted by Crippen LogP contribution is 2.22. The highest BCUT2D eigenvalue weighted by molar-refractivity contribution is 14.1. The van der Waals surface area contributed by atoms with Gasteiger partial charge >= 0.3 is 0 Å². The van der Waals surface area contributed by atoms with E-state index in [2.05, 4.69) is 45.2 Å². The summed E-state index contributed by atoms with van der Waals surface area (Å²) in [7, 11) is 3.88. The van der Waals surface area contributed by atoms with E-state index in [1.807, 2.05) is 31.1 Å². The first-order valence-electron chi connectivity index (χ1n) is 6.35. The summed E-state index contributed by atoms with van der Waals surface area (Å²) >= 11 is 4.20. The van der Waals surface area contributed by atoms with E-state index in [1.54, 1.807) is 16.8 Å². The van der Waals surface area contributed by atoms with Crippen LogP contribution in [0.3, 0.4) is 0 Å². The molecular weight excluding hydrogens is 497 g/mol. The van der Waals surface area contributed by atoms with Crippen molar-refractivity contribution in [2.75, 3.05) is 20.6 Å². The van der Waals surface area contributed by atoms with Crippen LogP contribution in [0.15, 0.2) is 41.3 Å². The maximum Gasteiger partial charge on any atom is 0.252 e. The topological polar surface area (TPSA) is 25.2 Å². The fraction of sp³-hybridized carbons (Fsp3) is 0.267. The third kappa shape index (κ3) is 4.49. The number of rotatable bonds is 4. The maximum absolute atomic E-state index is 13.7. The fourth-order valence-electron chi connectivity index (χ4n) is 2.19. The molecule has 2 rings (SSSR count). The number of nitrogens with zero attached hydrogens (tertiary/aromatic N) is 2. The van der Waals surface area contributed by atoms with Crippen LogP contribution in [0.2, 0.25) is 0 Å². The van der Waals surface area contributed by atoms with Crippen molar-refractivity contribution in [1.82, 2.24) is 9.47 Å². The predicted octanol–water partition coefficient (Wildman–Crippen LogP) is 3.35. The van der Waals surface area contributed by atoms with E-state index in [-0.39, 0.29) is 17.4 Å². The lowest BCUT2D eigenvalue weighted by Gasteiger charge is -2.24. The highest BCUT2D eigenvalue weighted by atomic mass is 127. The zero-order valence-electron chi connectivity index (χ0n) is 11.7. The van der Waals surface area contributed by atoms with Crippen LogP contribution in [-0.2, 0) is 0 Å². The van der Waals surface area contributed by atoms with Crippen molar-refractivity contribution in [3.05, 3.63) is 65.4 Å². The Morgan fingerprint density at radius 2 is 1.90 bits per heavy atom. The number of hydrogen-bond donors (Lipinski definition) is 0. The Morgan fingerprint density at radius 3 is 2.48 bits per heavy atom. The van der Waals surface area contributed by atoms with Gasteiger partial charge in [0.25, 0.3) is 5.56 Å². The average Bonchev–Trinajstić information content (AvgIpc) is 2.35. The third-order valence-corrected chi connectivity index (χ3v) is 4.35. The van der Waals surface area contributed by atoms with Crippen LogP contribution < -0.4 is 5.56 Å². The predicted molar refractivity (Wildman–Crippen MR) is 99.2 cm³/mol. The molecule has 0 saturated heterocycles. The lowest BCUT2D eigenvalue weighted by Crippen LogP contribution is -2.32. The van der Waals surface area contributed by atoms with Crippen molar-refractivity contribution in [2.45, 2.75) is 6.04 Å². The molecule has 0 fully saturated rings. The van der Waals surface area contributed by atoms with E-state index in [9.17, 15) is 9.18 Å². The smallest absolute Gasteiger partial charge is 0.252 e. The number of halogens is 3. The van der Waals surface area contributed by atoms with Crippen molar-refractivity contribution in [2.24, 2.45) is 0 Å². The number of hydrogen-bond acceptors (Lipinski definition) is 2. The Bertz CT molecular complexity index is 680. The van der Waals surface area contributed by atoms with Crippen molar-refractivity contribution < 1.29 is 4.39 Å². The molecule has 0 aliphatic heterocycles. The summed E-state index contributed by atoms with van der Waals surface area (Å²) in [4.78, 5) is 14.2. The third-order valence-electron chi connectivity index (χ3n) is 3.05. The van der Waals surface area contributed by atoms with Gasteiger partial charge in [-0.05, 0) is 89.1 Å². The second-order valence-electron chi connectivity index (χ2n) is 5.07. The van der Waals surface area contributed by atoms with Gasteiger partial charge in [-0.3, -0.25) is 4.79 Å². The molecule has 6 heteroatoms. The van der Waals surface area contributed by atoms with Crippen LogP contribution in [0.25, 0.3) is 0 Å². The first kappa shape index (κ1) is 16.9. The van der Waals surface area contributed by atoms with Gasteiger partial charge < -0.3 is 9.47 Å². The zero-order valence-corrected chi connectivity index (χ0v) is 16.0. The second kappa shape index (κ2) is 7.19. The minimum absolute atomic E-state index is 0.0759. The number of likely N-dealkylation sites (N-methyl/N-ethyl adjacent to an activating group) is 1. The number of aromatic nitrogens is 1. The Hall–Kier alpha value is -0.480. The van der Waals surface area contributed by atoms with Crippen molar-refractivity contribution in [3.63, 3.8) is 0 Å². The van der Waals surface area contributed by atoms with Crippen LogP contribution in [0, 0.1) is 13.0 Å². The normalized spacial score (nSPS) is 12.7. The van der Waals surface area contributed by atoms with Gasteiger partial charge in [0.1, 0.15) is 5.82 Å². The Morgan fingerprint density at radius 1 is 1.19 bits per heavy atom. The minimum Gasteiger partial charge on any atom is -0.307 e. The summed E-state index contributed by atoms with van der Waals surface area (Å²) in [6.45, 7) is 0.625. The summed E-state index contributed by atoms with van der Waals surface area (Å²) in [5.41, 5.74) is 0.726. The Balaban J connectivity index is 2.54. The van der Waals surface area contributed by atoms with E-state index in [0.29, 0.717) is 6.54 Å². The fourth-order valence-corrected chi connectivity index (χ4v) is 3.27. The first-order valence-corrected chi connectivity index (χ1v) is 8.51. The molecule has 0 saturated carbocycles. The molecular formula is C15H15FI2N2O. The van der Waals surface area contributed by atoms with E-state index in [0.717, 1.165) is 12.7 Å². The van der Waals surface area contributed by atoms with Gasteiger partial charge in [0.05, 0.1) is 6.04 Å². The van der Waals surface area contributed by atoms with Gasteiger partial charge in [-0.1, -0.05) is 0 Å². The summed E-state index contributed by atoms with van der Waals surface area (Å²) in [6.07, 6.45) is 1.77. The van der Waals surface area contributed by atoms with Crippen molar-refractivity contribution in [1.29, 1.82) is 0 Å². The van der Waals surface area contributed by atoms with Gasteiger partial charge in [0.15, 0.2) is 0 Å². The van der Waals surface area contributed by atoms with Crippen LogP contribution in [0.5, 0.6) is 0 Å². The molecule has 1 unspecified atom stereocenters. The van der Waals surface area contributed by atoms with Gasteiger partial charge in [0, 0.05) is 25.9 Å². The van der Waals surface area contributed by atoms with Crippen LogP contribution >= 0.6 is 45.2 Å². The Labute approximate surface area is 150 Å². The number of benzene rings is 1. The van der Waals surface area contributed by atoms with Crippen molar-refractivity contribution >= 4 is 45.2 Å². The first-order chi connectivity index (χ1) is 9.86. The van der Waals surface area contributed by atoms with Gasteiger partial charge in [-0.15, -0.1) is 0 Å². The van der Waals surface area contributed by atoms with Gasteiger partial charge in [0.2, 0.25) is 0 Å². The SMILES string of the molecule is CN(C)CC(c1cc(F)cc(I)c1)n1ccc(I)cc1=O. The van der Waals surface area contributed by atoms with E-state index in [1.165, 1.54) is 12.1 Å². The molecule has 1 aromatic carbocycles. The Kier molecular flexibility index (Phi) is 5.78. The van der Waals surface area contributed by atoms with Crippen LogP contribution in [-0.4, -0.2) is 30.1 Å². The lowest BCUT2D eigenvalue weighted by atomic mass is 10.1. The molecule has 2 aromatic rings. The molecule has 1 atom stereocenters. The summed E-state index contributed by atoms with van der Waals surface area (Å²) in [6, 6.07) is 8.16. The standard InChI is InChI=1S/C15H15FI2N2O/c1-19(2)9-14(10-5-11(16)7-13(18)6-10)20-4-3-12(17)8-15(20)21/h3-8,14H,9H2,1-2H3. The van der Waals surface area contributed by atoms with Crippen molar-refractivity contribution in [3.8, 4) is 0 Å². The molecule has 1 aromatic heterocycles. The average molecular weight is 512 g/mol. The summed E-state index contributed by atoms with van der Waals surface area (Å²) < 4.78 is 17.1. The summed E-state index contributed by atoms with van der Waals surface area (Å²) in [5, 5.41) is 0. The van der Waals surface area contributed by atoms with Gasteiger partial charge in [-0.2, -0.15) is 0 Å². The lowest BCUT2D eigenvalue weighted by molar-refractivity contribution is 0.346. The van der Waals surface area contributed by atoms with E-state index >= 15 is 0 Å². The number of pyridine rings is 1. The van der Waals surface area contributed by atoms with E-state index < -0.39 is 0 Å². The molecule has 0 bridgehead atoms. The molecule has 0 aliphatic carbocycles. The molecule has 0 N–H and O–H groups in total. The van der Waals surface area contributed by atoms with Gasteiger partial charge in [-0.25, -0.2) is 4.39 Å². The molecule has 0 radical (unpaired) electrons. The second-order valence-corrected chi connectivity index (χ2v) is 7.56. The molecule has 112 valence electrons. The monoisotopic (exact) mass is 512 g/mol. The molecule has 0 spiro atoms. The largest absolute Gasteiger partial charge is 0.307 e. The quantitative estimate of drug-likeness (QED) is 0.588.